The molecule has 0 saturated carbocycles. The first-order chi connectivity index (χ1) is 8.50. The summed E-state index contributed by atoms with van der Waals surface area (Å²) in [6.45, 7) is 5.60. The first-order valence-corrected chi connectivity index (χ1v) is 6.21. The molecule has 3 heteroatoms. The average Bonchev–Trinajstić information content (AvgIpc) is 2.56. The van der Waals surface area contributed by atoms with Crippen LogP contribution in [-0.2, 0) is 6.42 Å². The van der Waals surface area contributed by atoms with Crippen molar-refractivity contribution < 1.29 is 9.21 Å². The molecule has 0 unspecified atom stereocenters. The van der Waals surface area contributed by atoms with Crippen molar-refractivity contribution in [3.63, 3.8) is 0 Å². The van der Waals surface area contributed by atoms with E-state index >= 15 is 0 Å². The quantitative estimate of drug-likeness (QED) is 0.773. The van der Waals surface area contributed by atoms with Crippen molar-refractivity contribution >= 4 is 17.4 Å². The monoisotopic (exact) mass is 262 g/mol. The van der Waals surface area contributed by atoms with Gasteiger partial charge in [0.15, 0.2) is 5.78 Å². The predicted octanol–water partition coefficient (Wildman–Crippen LogP) is 4.28. The summed E-state index contributed by atoms with van der Waals surface area (Å²) in [5.41, 5.74) is 2.46. The molecule has 2 rings (SSSR count). The third-order valence-electron chi connectivity index (χ3n) is 3.15. The minimum absolute atomic E-state index is 0.0509. The van der Waals surface area contributed by atoms with Gasteiger partial charge in [-0.25, -0.2) is 0 Å². The zero-order valence-corrected chi connectivity index (χ0v) is 11.5. The van der Waals surface area contributed by atoms with E-state index in [0.29, 0.717) is 22.8 Å². The van der Waals surface area contributed by atoms with Crippen molar-refractivity contribution in [3.05, 3.63) is 57.5 Å². The number of furan rings is 1. The molecule has 0 bridgehead atoms. The zero-order chi connectivity index (χ0) is 13.3. The molecule has 0 spiro atoms. The van der Waals surface area contributed by atoms with Crippen molar-refractivity contribution in [3.8, 4) is 0 Å². The molecule has 0 saturated heterocycles. The maximum Gasteiger partial charge on any atom is 0.171 e. The van der Waals surface area contributed by atoms with E-state index in [2.05, 4.69) is 0 Å². The molecule has 0 aliphatic carbocycles. The molecule has 1 heterocycles. The van der Waals surface area contributed by atoms with Gasteiger partial charge < -0.3 is 4.42 Å². The van der Waals surface area contributed by atoms with Crippen LogP contribution in [0, 0.1) is 20.8 Å². The number of hydrogen-bond acceptors (Lipinski definition) is 2. The van der Waals surface area contributed by atoms with Crippen molar-refractivity contribution in [2.24, 2.45) is 0 Å². The molecule has 0 N–H and O–H groups in total. The van der Waals surface area contributed by atoms with E-state index in [0.717, 1.165) is 16.9 Å². The van der Waals surface area contributed by atoms with E-state index in [9.17, 15) is 4.79 Å². The first-order valence-electron chi connectivity index (χ1n) is 5.84. The molecule has 0 amide bonds. The van der Waals surface area contributed by atoms with E-state index in [1.165, 1.54) is 0 Å². The Morgan fingerprint density at radius 2 is 1.83 bits per heavy atom. The highest BCUT2D eigenvalue weighted by Gasteiger charge is 2.19. The lowest BCUT2D eigenvalue weighted by atomic mass is 10.00. The van der Waals surface area contributed by atoms with Gasteiger partial charge in [-0.15, -0.1) is 0 Å². The van der Waals surface area contributed by atoms with Crippen molar-refractivity contribution in [1.82, 2.24) is 0 Å². The molecule has 1 aromatic heterocycles. The maximum absolute atomic E-state index is 12.3. The second kappa shape index (κ2) is 4.99. The number of carbonyl (C=O) groups excluding carboxylic acids is 1. The van der Waals surface area contributed by atoms with Crippen LogP contribution in [-0.4, -0.2) is 5.78 Å². The number of Topliss-reactive ketones (excluding diaryl/α,β-unsaturated/α-hetero) is 1. The van der Waals surface area contributed by atoms with Gasteiger partial charge in [-0.1, -0.05) is 29.8 Å². The molecular weight excluding hydrogens is 248 g/mol. The van der Waals surface area contributed by atoms with Crippen LogP contribution in [0.1, 0.15) is 33.0 Å². The highest BCUT2D eigenvalue weighted by atomic mass is 35.5. The number of benzene rings is 1. The SMILES string of the molecule is Cc1oc(C)c(C(=O)Cc2ccccc2Cl)c1C. The van der Waals surface area contributed by atoms with E-state index in [1.807, 2.05) is 39.0 Å². The van der Waals surface area contributed by atoms with Crippen LogP contribution in [0.4, 0.5) is 0 Å². The number of halogens is 1. The van der Waals surface area contributed by atoms with E-state index in [1.54, 1.807) is 6.07 Å². The smallest absolute Gasteiger partial charge is 0.171 e. The molecule has 0 aliphatic rings. The van der Waals surface area contributed by atoms with Crippen LogP contribution >= 0.6 is 11.6 Å². The normalized spacial score (nSPS) is 10.7. The molecule has 0 atom stereocenters. The number of aryl methyl sites for hydroxylation is 2. The van der Waals surface area contributed by atoms with Crippen LogP contribution in [0.25, 0.3) is 0 Å². The highest BCUT2D eigenvalue weighted by molar-refractivity contribution is 6.31. The zero-order valence-electron chi connectivity index (χ0n) is 10.7. The Morgan fingerprint density at radius 1 is 1.17 bits per heavy atom. The van der Waals surface area contributed by atoms with Crippen molar-refractivity contribution in [2.75, 3.05) is 0 Å². The fourth-order valence-corrected chi connectivity index (χ4v) is 2.31. The second-order valence-corrected chi connectivity index (χ2v) is 4.81. The van der Waals surface area contributed by atoms with Gasteiger partial charge in [-0.3, -0.25) is 4.79 Å². The molecular formula is C15H15ClO2. The Hall–Kier alpha value is -1.54. The van der Waals surface area contributed by atoms with Gasteiger partial charge in [0.1, 0.15) is 11.5 Å². The minimum Gasteiger partial charge on any atom is -0.466 e. The predicted molar refractivity (Wildman–Crippen MR) is 72.4 cm³/mol. The molecule has 0 aliphatic heterocycles. The fraction of sp³-hybridized carbons (Fsp3) is 0.267. The minimum atomic E-state index is 0.0509. The number of rotatable bonds is 3. The molecule has 2 aromatic rings. The highest BCUT2D eigenvalue weighted by Crippen LogP contribution is 2.24. The van der Waals surface area contributed by atoms with E-state index in [4.69, 9.17) is 16.0 Å². The average molecular weight is 263 g/mol. The van der Waals surface area contributed by atoms with Crippen LogP contribution in [0.5, 0.6) is 0 Å². The number of ketones is 1. The van der Waals surface area contributed by atoms with Crippen molar-refractivity contribution in [2.45, 2.75) is 27.2 Å². The second-order valence-electron chi connectivity index (χ2n) is 4.41. The lowest BCUT2D eigenvalue weighted by molar-refractivity contribution is 0.0991. The summed E-state index contributed by atoms with van der Waals surface area (Å²) >= 11 is 6.06. The largest absolute Gasteiger partial charge is 0.466 e. The van der Waals surface area contributed by atoms with Gasteiger partial charge in [0.05, 0.1) is 5.56 Å². The van der Waals surface area contributed by atoms with E-state index < -0.39 is 0 Å². The summed E-state index contributed by atoms with van der Waals surface area (Å²) in [7, 11) is 0. The van der Waals surface area contributed by atoms with Gasteiger partial charge in [0, 0.05) is 17.0 Å². The molecule has 18 heavy (non-hydrogen) atoms. The van der Waals surface area contributed by atoms with Gasteiger partial charge >= 0.3 is 0 Å². The Balaban J connectivity index is 2.31. The Labute approximate surface area is 112 Å². The fourth-order valence-electron chi connectivity index (χ4n) is 2.11. The standard InChI is InChI=1S/C15H15ClO2/c1-9-10(2)18-11(3)15(9)14(17)8-12-6-4-5-7-13(12)16/h4-7H,8H2,1-3H3. The topological polar surface area (TPSA) is 30.2 Å². The van der Waals surface area contributed by atoms with Crippen LogP contribution < -0.4 is 0 Å². The Morgan fingerprint density at radius 3 is 2.39 bits per heavy atom. The summed E-state index contributed by atoms with van der Waals surface area (Å²) in [5, 5.41) is 0.626. The molecule has 1 aromatic carbocycles. The summed E-state index contributed by atoms with van der Waals surface area (Å²) in [5.74, 6) is 1.53. The Bertz CT molecular complexity index is 597. The van der Waals surface area contributed by atoms with Gasteiger partial charge in [-0.2, -0.15) is 0 Å². The molecule has 0 fully saturated rings. The summed E-state index contributed by atoms with van der Waals surface area (Å²) < 4.78 is 5.48. The lowest BCUT2D eigenvalue weighted by Gasteiger charge is -2.03. The van der Waals surface area contributed by atoms with E-state index in [-0.39, 0.29) is 5.78 Å². The summed E-state index contributed by atoms with van der Waals surface area (Å²) in [4.78, 5) is 12.3. The number of hydrogen-bond donors (Lipinski definition) is 0. The number of carbonyl (C=O) groups is 1. The molecule has 94 valence electrons. The molecule has 0 radical (unpaired) electrons. The Kier molecular flexibility index (Phi) is 3.58. The van der Waals surface area contributed by atoms with Crippen molar-refractivity contribution in [1.29, 1.82) is 0 Å². The van der Waals surface area contributed by atoms with Crippen LogP contribution in [0.3, 0.4) is 0 Å². The van der Waals surface area contributed by atoms with Gasteiger partial charge in [-0.05, 0) is 32.4 Å². The van der Waals surface area contributed by atoms with Gasteiger partial charge in [0.25, 0.3) is 0 Å². The maximum atomic E-state index is 12.3. The van der Waals surface area contributed by atoms with Crippen LogP contribution in [0.15, 0.2) is 28.7 Å². The van der Waals surface area contributed by atoms with Gasteiger partial charge in [0.2, 0.25) is 0 Å². The third kappa shape index (κ3) is 2.34. The van der Waals surface area contributed by atoms with Crippen LogP contribution in [0.2, 0.25) is 5.02 Å². The lowest BCUT2D eigenvalue weighted by Crippen LogP contribution is -2.06. The first kappa shape index (κ1) is 12.9. The third-order valence-corrected chi connectivity index (χ3v) is 3.52. The summed E-state index contributed by atoms with van der Waals surface area (Å²) in [6, 6.07) is 7.41. The summed E-state index contributed by atoms with van der Waals surface area (Å²) in [6.07, 6.45) is 0.306. The molecule has 2 nitrogen and oxygen atoms in total.